The second-order valence-corrected chi connectivity index (χ2v) is 6.48. The molecule has 4 aromatic carbocycles. The number of hydrogen-bond acceptors (Lipinski definition) is 8. The molecule has 174 valence electrons. The van der Waals surface area contributed by atoms with Gasteiger partial charge in [-0.05, 0) is 70.1 Å². The number of anilines is 1. The molecule has 4 aromatic rings. The van der Waals surface area contributed by atoms with E-state index in [4.69, 9.17) is 27.8 Å². The smallest absolute Gasteiger partial charge is 1.00 e. The molecule has 0 saturated heterocycles. The van der Waals surface area contributed by atoms with E-state index in [1.54, 1.807) is 26.4 Å². The number of nitrogens with two attached hydrogens (primary N) is 1. The Kier molecular flexibility index (Phi) is 15.5. The van der Waals surface area contributed by atoms with Gasteiger partial charge >= 0.3 is 40.2 Å². The number of rotatable bonds is 2. The Morgan fingerprint density at radius 1 is 0.727 bits per heavy atom. The Morgan fingerprint density at radius 3 is 1.58 bits per heavy atom. The average molecular weight is 487 g/mol. The molecule has 0 saturated carbocycles. The van der Waals surface area contributed by atoms with Crippen LogP contribution in [0.5, 0.6) is 17.2 Å². The summed E-state index contributed by atoms with van der Waals surface area (Å²) in [7, 11) is 0.178. The molecule has 0 atom stereocenters. The summed E-state index contributed by atoms with van der Waals surface area (Å²) in [5, 5.41) is 13.6. The van der Waals surface area contributed by atoms with Gasteiger partial charge < -0.3 is 33.4 Å². The fourth-order valence-corrected chi connectivity index (χ4v) is 2.71. The Labute approximate surface area is 216 Å². The predicted octanol–water partition coefficient (Wildman–Crippen LogP) is 0.434. The van der Waals surface area contributed by atoms with Crippen molar-refractivity contribution in [3.05, 3.63) is 72.8 Å². The number of fused-ring (bicyclic) bond motifs is 2. The maximum atomic E-state index is 9.25. The largest absolute Gasteiger partial charge is 1.00 e. The van der Waals surface area contributed by atoms with Gasteiger partial charge in [0.25, 0.3) is 0 Å². The van der Waals surface area contributed by atoms with E-state index in [-0.39, 0.29) is 48.4 Å². The topological polar surface area (TPSA) is 182 Å². The van der Waals surface area contributed by atoms with Crippen molar-refractivity contribution in [3.8, 4) is 17.2 Å². The number of hydrogen-bond donors (Lipinski definition) is 3. The zero-order valence-electron chi connectivity index (χ0n) is 19.6. The molecule has 0 spiro atoms. The minimum atomic E-state index is -3.11. The van der Waals surface area contributed by atoms with Gasteiger partial charge in [0, 0.05) is 5.69 Å². The molecule has 11 heteroatoms. The molecular weight excluding hydrogens is 459 g/mol. The van der Waals surface area contributed by atoms with Gasteiger partial charge in [0.15, 0.2) is 0 Å². The molecule has 4 rings (SSSR count). The van der Waals surface area contributed by atoms with Crippen LogP contribution in [0, 0.1) is 0 Å². The summed E-state index contributed by atoms with van der Waals surface area (Å²) in [5.74, 6) is 1.94. The minimum Gasteiger partial charge on any atom is -1.00 e. The van der Waals surface area contributed by atoms with Crippen LogP contribution in [-0.2, 0) is 10.6 Å². The molecule has 0 aliphatic rings. The molecular formula is C22H27N2NaO7S. The predicted molar refractivity (Wildman–Crippen MR) is 127 cm³/mol. The number of phenolic OH excluding ortho intramolecular Hbond substituents is 1. The van der Waals surface area contributed by atoms with Crippen LogP contribution in [0.25, 0.3) is 21.5 Å². The molecule has 0 aliphatic carbocycles. The summed E-state index contributed by atoms with van der Waals surface area (Å²) >= 11 is 0. The van der Waals surface area contributed by atoms with Gasteiger partial charge in [-0.3, -0.25) is 0 Å². The van der Waals surface area contributed by atoms with Crippen LogP contribution in [0.1, 0.15) is 1.43 Å². The summed E-state index contributed by atoms with van der Waals surface area (Å²) in [5.41, 5.74) is 6.45. The molecule has 0 unspecified atom stereocenters. The third-order valence-electron chi connectivity index (χ3n) is 4.10. The van der Waals surface area contributed by atoms with Gasteiger partial charge in [-0.25, -0.2) is 0 Å². The van der Waals surface area contributed by atoms with Gasteiger partial charge in [0.05, 0.1) is 14.2 Å². The van der Waals surface area contributed by atoms with E-state index in [1.165, 1.54) is 5.39 Å². The first kappa shape index (κ1) is 32.3. The van der Waals surface area contributed by atoms with E-state index >= 15 is 0 Å². The van der Waals surface area contributed by atoms with Crippen molar-refractivity contribution in [1.82, 2.24) is 6.15 Å². The van der Waals surface area contributed by atoms with Crippen LogP contribution in [0.3, 0.4) is 0 Å². The number of methoxy groups -OCH3 is 2. The Morgan fingerprint density at radius 2 is 1.12 bits per heavy atom. The molecule has 0 heterocycles. The number of ether oxygens (including phenoxy) is 2. The molecule has 0 amide bonds. The second-order valence-electron chi connectivity index (χ2n) is 6.07. The average Bonchev–Trinajstić information content (AvgIpc) is 2.72. The molecule has 33 heavy (non-hydrogen) atoms. The van der Waals surface area contributed by atoms with Crippen LogP contribution in [0.15, 0.2) is 72.8 Å². The monoisotopic (exact) mass is 486 g/mol. The van der Waals surface area contributed by atoms with E-state index in [9.17, 15) is 5.11 Å². The molecule has 0 bridgehead atoms. The van der Waals surface area contributed by atoms with Gasteiger partial charge in [0.2, 0.25) is 0 Å². The van der Waals surface area contributed by atoms with Crippen molar-refractivity contribution in [2.75, 3.05) is 20.0 Å². The Hall–Kier alpha value is -2.86. The quantitative estimate of drug-likeness (QED) is 0.269. The van der Waals surface area contributed by atoms with Gasteiger partial charge in [0.1, 0.15) is 17.2 Å². The maximum Gasteiger partial charge on any atom is 1.00 e. The third kappa shape index (κ3) is 10.5. The van der Waals surface area contributed by atoms with E-state index in [2.05, 4.69) is 0 Å². The maximum absolute atomic E-state index is 9.25. The first-order chi connectivity index (χ1) is 14.3. The van der Waals surface area contributed by atoms with Crippen molar-refractivity contribution in [3.63, 3.8) is 0 Å². The van der Waals surface area contributed by atoms with Crippen LogP contribution < -0.4 is 50.9 Å². The number of phenols is 1. The molecule has 0 fully saturated rings. The van der Waals surface area contributed by atoms with E-state index in [1.807, 2.05) is 60.7 Å². The number of aromatic hydroxyl groups is 1. The van der Waals surface area contributed by atoms with Crippen LogP contribution >= 0.6 is 0 Å². The van der Waals surface area contributed by atoms with Crippen molar-refractivity contribution in [2.45, 2.75) is 0 Å². The standard InChI is InChI=1S/C11H11NO.C11H10O2.H3N.Na.O3S.H2O.H/c2*1-13-11-5-3-8-2-4-10(12)6-9(8)7-11;;;1-4(2)3;;/h2-7H,12H2,1H3;2-7,12H,1H3;1H3;;;1H2;/q;;;+1;;;-1. The zero-order valence-corrected chi connectivity index (χ0v) is 21.4. The Balaban J connectivity index is -0.000000444. The number of nitrogen functional groups attached to an aromatic ring is 1. The van der Waals surface area contributed by atoms with Crippen LogP contribution in [0.2, 0.25) is 0 Å². The van der Waals surface area contributed by atoms with Crippen molar-refractivity contribution >= 4 is 37.8 Å². The first-order valence-corrected chi connectivity index (χ1v) is 9.69. The fraction of sp³-hybridized carbons (Fsp3) is 0.0909. The third-order valence-corrected chi connectivity index (χ3v) is 4.10. The summed E-state index contributed by atoms with van der Waals surface area (Å²) in [6, 6.07) is 22.8. The van der Waals surface area contributed by atoms with Gasteiger partial charge in [-0.15, -0.1) is 12.6 Å². The van der Waals surface area contributed by atoms with Gasteiger partial charge in [-0.1, -0.05) is 24.3 Å². The summed E-state index contributed by atoms with van der Waals surface area (Å²) in [6.45, 7) is 0. The fourth-order valence-electron chi connectivity index (χ4n) is 2.71. The van der Waals surface area contributed by atoms with E-state index in [0.717, 1.165) is 33.3 Å². The summed E-state index contributed by atoms with van der Waals surface area (Å²) < 4.78 is 35.5. The first-order valence-electron chi connectivity index (χ1n) is 8.69. The van der Waals surface area contributed by atoms with Crippen molar-refractivity contribution in [1.29, 1.82) is 0 Å². The zero-order chi connectivity index (χ0) is 22.1. The van der Waals surface area contributed by atoms with Crippen LogP contribution in [0.4, 0.5) is 5.69 Å². The summed E-state index contributed by atoms with van der Waals surface area (Å²) in [6.07, 6.45) is 0. The summed E-state index contributed by atoms with van der Waals surface area (Å²) in [4.78, 5) is 0. The van der Waals surface area contributed by atoms with Crippen molar-refractivity contribution < 1.29 is 63.7 Å². The Bertz CT molecular complexity index is 1180. The SMILES string of the molecule is COc1ccc2ccc(N)cc2c1.COc1ccc2ccc(O)cc2c1.N.O.O=S(=O)=O.[H-].[Na+]. The molecule has 0 aliphatic heterocycles. The molecule has 9 nitrogen and oxygen atoms in total. The van der Waals surface area contributed by atoms with Crippen molar-refractivity contribution in [2.24, 2.45) is 0 Å². The van der Waals surface area contributed by atoms with E-state index < -0.39 is 10.6 Å². The molecule has 0 radical (unpaired) electrons. The van der Waals surface area contributed by atoms with E-state index in [0.29, 0.717) is 0 Å². The van der Waals surface area contributed by atoms with Gasteiger partial charge in [-0.2, -0.15) is 0 Å². The minimum absolute atomic E-state index is 0. The number of benzene rings is 4. The molecule has 8 N–H and O–H groups in total. The normalized spacial score (nSPS) is 8.79. The van der Waals surface area contributed by atoms with Crippen LogP contribution in [-0.4, -0.2) is 37.4 Å². The molecule has 0 aromatic heterocycles. The second kappa shape index (κ2) is 15.9.